The third-order valence-corrected chi connectivity index (χ3v) is 4.11. The SMILES string of the molecule is O=C(NCc1ccc(Cl)cc1)c1ccc(Nc2ccccc2Cl)nc1. The molecule has 0 bridgehead atoms. The molecule has 0 radical (unpaired) electrons. The molecule has 1 heterocycles. The molecule has 0 atom stereocenters. The lowest BCUT2D eigenvalue weighted by molar-refractivity contribution is 0.0950. The maximum atomic E-state index is 12.2. The quantitative estimate of drug-likeness (QED) is 0.658. The van der Waals surface area contributed by atoms with Crippen LogP contribution in [0, 0.1) is 0 Å². The molecule has 25 heavy (non-hydrogen) atoms. The maximum Gasteiger partial charge on any atom is 0.253 e. The van der Waals surface area contributed by atoms with Crippen LogP contribution in [0.15, 0.2) is 66.9 Å². The summed E-state index contributed by atoms with van der Waals surface area (Å²) >= 11 is 11.9. The Morgan fingerprint density at radius 3 is 2.40 bits per heavy atom. The summed E-state index contributed by atoms with van der Waals surface area (Å²) in [6.07, 6.45) is 1.52. The van der Waals surface area contributed by atoms with E-state index in [4.69, 9.17) is 23.2 Å². The van der Waals surface area contributed by atoms with Crippen molar-refractivity contribution in [2.75, 3.05) is 5.32 Å². The van der Waals surface area contributed by atoms with Gasteiger partial charge in [-0.2, -0.15) is 0 Å². The fraction of sp³-hybridized carbons (Fsp3) is 0.0526. The number of para-hydroxylation sites is 1. The summed E-state index contributed by atoms with van der Waals surface area (Å²) in [7, 11) is 0. The third-order valence-electron chi connectivity index (χ3n) is 3.53. The van der Waals surface area contributed by atoms with Crippen LogP contribution >= 0.6 is 23.2 Å². The highest BCUT2D eigenvalue weighted by Gasteiger charge is 2.07. The first-order valence-electron chi connectivity index (χ1n) is 7.62. The summed E-state index contributed by atoms with van der Waals surface area (Å²) in [6, 6.07) is 18.2. The number of carbonyl (C=O) groups excluding carboxylic acids is 1. The fourth-order valence-electron chi connectivity index (χ4n) is 2.19. The van der Waals surface area contributed by atoms with E-state index < -0.39 is 0 Å². The van der Waals surface area contributed by atoms with Gasteiger partial charge in [0.05, 0.1) is 16.3 Å². The summed E-state index contributed by atoms with van der Waals surface area (Å²) < 4.78 is 0. The maximum absolute atomic E-state index is 12.2. The number of benzene rings is 2. The zero-order valence-electron chi connectivity index (χ0n) is 13.2. The molecule has 0 spiro atoms. The second-order valence-corrected chi connectivity index (χ2v) is 6.19. The number of rotatable bonds is 5. The minimum Gasteiger partial charge on any atom is -0.348 e. The van der Waals surface area contributed by atoms with Crippen LogP contribution in [0.1, 0.15) is 15.9 Å². The minimum absolute atomic E-state index is 0.188. The van der Waals surface area contributed by atoms with Crippen LogP contribution in [0.4, 0.5) is 11.5 Å². The van der Waals surface area contributed by atoms with Crippen LogP contribution < -0.4 is 10.6 Å². The Kier molecular flexibility index (Phi) is 5.53. The number of carbonyl (C=O) groups is 1. The Bertz CT molecular complexity index is 865. The van der Waals surface area contributed by atoms with Crippen molar-refractivity contribution in [1.29, 1.82) is 0 Å². The third kappa shape index (κ3) is 4.72. The van der Waals surface area contributed by atoms with E-state index in [1.165, 1.54) is 6.20 Å². The van der Waals surface area contributed by atoms with Crippen LogP contribution in [0.3, 0.4) is 0 Å². The first-order valence-corrected chi connectivity index (χ1v) is 8.38. The second-order valence-electron chi connectivity index (χ2n) is 5.35. The van der Waals surface area contributed by atoms with Gasteiger partial charge in [-0.15, -0.1) is 0 Å². The summed E-state index contributed by atoms with van der Waals surface area (Å²) in [6.45, 7) is 0.426. The number of pyridine rings is 1. The molecule has 3 rings (SSSR count). The number of amides is 1. The number of nitrogens with zero attached hydrogens (tertiary/aromatic N) is 1. The van der Waals surface area contributed by atoms with Gasteiger partial charge >= 0.3 is 0 Å². The number of nitrogens with one attached hydrogen (secondary N) is 2. The average Bonchev–Trinajstić information content (AvgIpc) is 2.63. The molecule has 0 unspecified atom stereocenters. The molecular formula is C19H15Cl2N3O. The van der Waals surface area contributed by atoms with E-state index in [1.807, 2.05) is 30.3 Å². The zero-order valence-corrected chi connectivity index (χ0v) is 14.7. The van der Waals surface area contributed by atoms with Crippen LogP contribution in [-0.4, -0.2) is 10.9 Å². The van der Waals surface area contributed by atoms with E-state index in [9.17, 15) is 4.79 Å². The monoisotopic (exact) mass is 371 g/mol. The van der Waals surface area contributed by atoms with Gasteiger partial charge in [-0.1, -0.05) is 47.5 Å². The Morgan fingerprint density at radius 2 is 1.72 bits per heavy atom. The first-order chi connectivity index (χ1) is 12.1. The van der Waals surface area contributed by atoms with Crippen molar-refractivity contribution in [2.24, 2.45) is 0 Å². The van der Waals surface area contributed by atoms with E-state index in [1.54, 1.807) is 30.3 Å². The molecule has 0 saturated carbocycles. The zero-order chi connectivity index (χ0) is 17.6. The summed E-state index contributed by atoms with van der Waals surface area (Å²) in [5, 5.41) is 7.24. The van der Waals surface area contributed by atoms with Gasteiger partial charge in [0.25, 0.3) is 5.91 Å². The predicted octanol–water partition coefficient (Wildman–Crippen LogP) is 5.06. The van der Waals surface area contributed by atoms with Crippen molar-refractivity contribution in [3.8, 4) is 0 Å². The first kappa shape index (κ1) is 17.3. The van der Waals surface area contributed by atoms with Gasteiger partial charge in [-0.3, -0.25) is 4.79 Å². The molecule has 2 N–H and O–H groups in total. The molecule has 0 aliphatic heterocycles. The van der Waals surface area contributed by atoms with Crippen molar-refractivity contribution in [1.82, 2.24) is 10.3 Å². The predicted molar refractivity (Wildman–Crippen MR) is 102 cm³/mol. The van der Waals surface area contributed by atoms with Crippen molar-refractivity contribution < 1.29 is 4.79 Å². The highest BCUT2D eigenvalue weighted by molar-refractivity contribution is 6.33. The highest BCUT2D eigenvalue weighted by Crippen LogP contribution is 2.23. The lowest BCUT2D eigenvalue weighted by Crippen LogP contribution is -2.22. The second kappa shape index (κ2) is 8.01. The van der Waals surface area contributed by atoms with E-state index >= 15 is 0 Å². The summed E-state index contributed by atoms with van der Waals surface area (Å²) in [5.41, 5.74) is 2.22. The van der Waals surface area contributed by atoms with Gasteiger partial charge in [0.2, 0.25) is 0 Å². The van der Waals surface area contributed by atoms with E-state index in [0.717, 1.165) is 11.3 Å². The number of hydrogen-bond donors (Lipinski definition) is 2. The molecule has 1 amide bonds. The standard InChI is InChI=1S/C19H15Cl2N3O/c20-15-8-5-13(6-9-15)11-23-19(25)14-7-10-18(22-12-14)24-17-4-2-1-3-16(17)21/h1-10,12H,11H2,(H,22,24)(H,23,25). The largest absolute Gasteiger partial charge is 0.348 e. The Labute approximate surface area is 155 Å². The normalized spacial score (nSPS) is 10.3. The van der Waals surface area contributed by atoms with Gasteiger partial charge in [0, 0.05) is 17.8 Å². The van der Waals surface area contributed by atoms with Gasteiger partial charge in [0.15, 0.2) is 0 Å². The molecule has 0 aliphatic carbocycles. The van der Waals surface area contributed by atoms with Gasteiger partial charge < -0.3 is 10.6 Å². The van der Waals surface area contributed by atoms with Crippen molar-refractivity contribution in [3.05, 3.63) is 88.0 Å². The minimum atomic E-state index is -0.188. The number of anilines is 2. The average molecular weight is 372 g/mol. The lowest BCUT2D eigenvalue weighted by atomic mass is 10.2. The molecule has 3 aromatic rings. The molecular weight excluding hydrogens is 357 g/mol. The van der Waals surface area contributed by atoms with E-state index in [-0.39, 0.29) is 5.91 Å². The molecule has 126 valence electrons. The number of aromatic nitrogens is 1. The van der Waals surface area contributed by atoms with Gasteiger partial charge in [-0.05, 0) is 42.0 Å². The molecule has 4 nitrogen and oxygen atoms in total. The Hall–Kier alpha value is -2.56. The number of hydrogen-bond acceptors (Lipinski definition) is 3. The molecule has 0 aliphatic rings. The molecule has 0 fully saturated rings. The smallest absolute Gasteiger partial charge is 0.253 e. The highest BCUT2D eigenvalue weighted by atomic mass is 35.5. The van der Waals surface area contributed by atoms with Crippen molar-refractivity contribution >= 4 is 40.6 Å². The summed E-state index contributed by atoms with van der Waals surface area (Å²) in [4.78, 5) is 16.4. The fourth-order valence-corrected chi connectivity index (χ4v) is 2.50. The van der Waals surface area contributed by atoms with E-state index in [2.05, 4.69) is 15.6 Å². The molecule has 0 saturated heterocycles. The molecule has 1 aromatic heterocycles. The van der Waals surface area contributed by atoms with Gasteiger partial charge in [-0.25, -0.2) is 4.98 Å². The molecule has 6 heteroatoms. The van der Waals surface area contributed by atoms with Crippen LogP contribution in [0.25, 0.3) is 0 Å². The number of halogens is 2. The molecule has 2 aromatic carbocycles. The van der Waals surface area contributed by atoms with Crippen molar-refractivity contribution in [2.45, 2.75) is 6.54 Å². The Morgan fingerprint density at radius 1 is 0.960 bits per heavy atom. The topological polar surface area (TPSA) is 54.0 Å². The van der Waals surface area contributed by atoms with Crippen LogP contribution in [-0.2, 0) is 6.54 Å². The van der Waals surface area contributed by atoms with E-state index in [0.29, 0.717) is 28.0 Å². The lowest BCUT2D eigenvalue weighted by Gasteiger charge is -2.09. The van der Waals surface area contributed by atoms with Crippen LogP contribution in [0.5, 0.6) is 0 Å². The Balaban J connectivity index is 1.60. The van der Waals surface area contributed by atoms with Gasteiger partial charge in [0.1, 0.15) is 5.82 Å². The summed E-state index contributed by atoms with van der Waals surface area (Å²) in [5.74, 6) is 0.425. The van der Waals surface area contributed by atoms with Crippen molar-refractivity contribution in [3.63, 3.8) is 0 Å². The van der Waals surface area contributed by atoms with Crippen LogP contribution in [0.2, 0.25) is 10.0 Å².